The topological polar surface area (TPSA) is 75.7 Å². The summed E-state index contributed by atoms with van der Waals surface area (Å²) in [4.78, 5) is 13.1. The van der Waals surface area contributed by atoms with Crippen molar-refractivity contribution < 1.29 is 17.9 Å². The molecule has 0 aromatic heterocycles. The molecule has 6 nitrogen and oxygen atoms in total. The molecule has 0 fully saturated rings. The minimum Gasteiger partial charge on any atom is -0.495 e. The fourth-order valence-corrected chi connectivity index (χ4v) is 3.82. The molecule has 0 spiro atoms. The van der Waals surface area contributed by atoms with E-state index in [4.69, 9.17) is 4.74 Å². The number of hydrogen-bond donors (Lipinski definition) is 1. The third-order valence-electron chi connectivity index (χ3n) is 4.45. The minimum absolute atomic E-state index is 0.0648. The first kappa shape index (κ1) is 20.6. The van der Waals surface area contributed by atoms with Crippen molar-refractivity contribution in [3.63, 3.8) is 0 Å². The van der Waals surface area contributed by atoms with Gasteiger partial charge in [0.2, 0.25) is 10.0 Å². The van der Waals surface area contributed by atoms with Gasteiger partial charge in [-0.15, -0.1) is 0 Å². The number of carbonyl (C=O) groups excluding carboxylic acids is 1. The van der Waals surface area contributed by atoms with E-state index in [1.165, 1.54) is 39.4 Å². The van der Waals surface area contributed by atoms with Crippen molar-refractivity contribution >= 4 is 21.6 Å². The van der Waals surface area contributed by atoms with E-state index in [2.05, 4.69) is 5.32 Å². The maximum absolute atomic E-state index is 13.0. The quantitative estimate of drug-likeness (QED) is 0.669. The molecule has 0 heterocycles. The molecule has 7 heteroatoms. The number of rotatable bonds is 6. The smallest absolute Gasteiger partial charge is 0.256 e. The summed E-state index contributed by atoms with van der Waals surface area (Å²) in [6.45, 7) is 0. The first-order valence-corrected chi connectivity index (χ1v) is 10.3. The molecular formula is C22H22N2O4S. The van der Waals surface area contributed by atoms with E-state index in [9.17, 15) is 13.2 Å². The van der Waals surface area contributed by atoms with Crippen molar-refractivity contribution in [3.05, 3.63) is 78.4 Å². The summed E-state index contributed by atoms with van der Waals surface area (Å²) >= 11 is 0. The van der Waals surface area contributed by atoms with E-state index in [0.29, 0.717) is 11.3 Å². The summed E-state index contributed by atoms with van der Waals surface area (Å²) in [5, 5.41) is 2.79. The van der Waals surface area contributed by atoms with Crippen LogP contribution in [-0.2, 0) is 10.0 Å². The van der Waals surface area contributed by atoms with Gasteiger partial charge in [0, 0.05) is 19.7 Å². The molecule has 0 aliphatic carbocycles. The second-order valence-electron chi connectivity index (χ2n) is 6.52. The lowest BCUT2D eigenvalue weighted by molar-refractivity contribution is 0.102. The van der Waals surface area contributed by atoms with Gasteiger partial charge in [-0.1, -0.05) is 48.5 Å². The number of nitrogens with zero attached hydrogens (tertiary/aromatic N) is 1. The van der Waals surface area contributed by atoms with Gasteiger partial charge < -0.3 is 10.1 Å². The number of nitrogens with one attached hydrogen (secondary N) is 1. The number of amides is 1. The minimum atomic E-state index is -3.65. The predicted molar refractivity (Wildman–Crippen MR) is 114 cm³/mol. The first-order chi connectivity index (χ1) is 13.8. The van der Waals surface area contributed by atoms with Crippen LogP contribution in [0.1, 0.15) is 10.4 Å². The van der Waals surface area contributed by atoms with Crippen LogP contribution in [0.3, 0.4) is 0 Å². The van der Waals surface area contributed by atoms with E-state index in [1.807, 2.05) is 42.5 Å². The van der Waals surface area contributed by atoms with Gasteiger partial charge in [-0.2, -0.15) is 0 Å². The van der Waals surface area contributed by atoms with Gasteiger partial charge in [0.25, 0.3) is 5.91 Å². The Morgan fingerprint density at radius 1 is 0.931 bits per heavy atom. The highest BCUT2D eigenvalue weighted by Crippen LogP contribution is 2.30. The van der Waals surface area contributed by atoms with E-state index >= 15 is 0 Å². The average Bonchev–Trinajstić information content (AvgIpc) is 2.74. The molecular weight excluding hydrogens is 388 g/mol. The Kier molecular flexibility index (Phi) is 6.00. The Balaban J connectivity index is 2.00. The summed E-state index contributed by atoms with van der Waals surface area (Å²) < 4.78 is 31.3. The Bertz CT molecular complexity index is 1130. The molecule has 0 aliphatic heterocycles. The first-order valence-electron chi connectivity index (χ1n) is 8.91. The molecule has 29 heavy (non-hydrogen) atoms. The van der Waals surface area contributed by atoms with Gasteiger partial charge in [-0.05, 0) is 35.4 Å². The number of anilines is 1. The molecule has 3 rings (SSSR count). The molecule has 0 bridgehead atoms. The van der Waals surface area contributed by atoms with E-state index in [1.54, 1.807) is 12.1 Å². The Labute approximate surface area is 170 Å². The summed E-state index contributed by atoms with van der Waals surface area (Å²) in [6.07, 6.45) is 0. The number of benzene rings is 3. The second kappa shape index (κ2) is 8.46. The molecule has 0 saturated carbocycles. The molecule has 3 aromatic carbocycles. The Morgan fingerprint density at radius 2 is 1.59 bits per heavy atom. The van der Waals surface area contributed by atoms with Crippen LogP contribution in [0.15, 0.2) is 77.7 Å². The van der Waals surface area contributed by atoms with Crippen LogP contribution >= 0.6 is 0 Å². The normalized spacial score (nSPS) is 11.3. The zero-order chi connectivity index (χ0) is 21.0. The number of methoxy groups -OCH3 is 1. The molecule has 3 aromatic rings. The molecule has 0 radical (unpaired) electrons. The van der Waals surface area contributed by atoms with Crippen molar-refractivity contribution in [1.82, 2.24) is 4.31 Å². The summed E-state index contributed by atoms with van der Waals surface area (Å²) in [5.74, 6) is 0.00963. The maximum Gasteiger partial charge on any atom is 0.256 e. The van der Waals surface area contributed by atoms with Crippen molar-refractivity contribution in [3.8, 4) is 16.9 Å². The van der Waals surface area contributed by atoms with Gasteiger partial charge in [-0.25, -0.2) is 12.7 Å². The van der Waals surface area contributed by atoms with Gasteiger partial charge in [0.05, 0.1) is 17.7 Å². The summed E-state index contributed by atoms with van der Waals surface area (Å²) in [6, 6.07) is 21.2. The van der Waals surface area contributed by atoms with Gasteiger partial charge in [-0.3, -0.25) is 4.79 Å². The lowest BCUT2D eigenvalue weighted by Crippen LogP contribution is -2.22. The fraction of sp³-hybridized carbons (Fsp3) is 0.136. The standard InChI is InChI=1S/C22H22N2O4S/c1-24(2)29(26,27)17-13-14-21(28-3)20(15-17)23-22(25)19-12-8-7-11-18(19)16-9-5-4-6-10-16/h4-15H,1-3H3,(H,23,25). The van der Waals surface area contributed by atoms with Gasteiger partial charge >= 0.3 is 0 Å². The van der Waals surface area contributed by atoms with Crippen molar-refractivity contribution in [2.75, 3.05) is 26.5 Å². The zero-order valence-electron chi connectivity index (χ0n) is 16.4. The lowest BCUT2D eigenvalue weighted by Gasteiger charge is -2.16. The van der Waals surface area contributed by atoms with Crippen LogP contribution < -0.4 is 10.1 Å². The molecule has 0 aliphatic rings. The Hall–Kier alpha value is -3.16. The van der Waals surface area contributed by atoms with Crippen molar-refractivity contribution in [1.29, 1.82) is 0 Å². The largest absolute Gasteiger partial charge is 0.495 e. The number of carbonyl (C=O) groups is 1. The highest BCUT2D eigenvalue weighted by Gasteiger charge is 2.21. The molecule has 1 N–H and O–H groups in total. The monoisotopic (exact) mass is 410 g/mol. The van der Waals surface area contributed by atoms with Crippen molar-refractivity contribution in [2.45, 2.75) is 4.90 Å². The second-order valence-corrected chi connectivity index (χ2v) is 8.67. The molecule has 150 valence electrons. The van der Waals surface area contributed by atoms with Crippen LogP contribution in [0.4, 0.5) is 5.69 Å². The van der Waals surface area contributed by atoms with Crippen LogP contribution in [-0.4, -0.2) is 39.8 Å². The molecule has 0 unspecified atom stereocenters. The average molecular weight is 410 g/mol. The van der Waals surface area contributed by atoms with E-state index < -0.39 is 10.0 Å². The molecule has 1 amide bonds. The third-order valence-corrected chi connectivity index (χ3v) is 6.27. The highest BCUT2D eigenvalue weighted by molar-refractivity contribution is 7.89. The number of ether oxygens (including phenoxy) is 1. The lowest BCUT2D eigenvalue weighted by atomic mass is 9.99. The number of hydrogen-bond acceptors (Lipinski definition) is 4. The summed E-state index contributed by atoms with van der Waals surface area (Å²) in [7, 11) is 0.716. The van der Waals surface area contributed by atoms with Crippen LogP contribution in [0.5, 0.6) is 5.75 Å². The Morgan fingerprint density at radius 3 is 2.24 bits per heavy atom. The van der Waals surface area contributed by atoms with Crippen molar-refractivity contribution in [2.24, 2.45) is 0 Å². The molecule has 0 atom stereocenters. The fourth-order valence-electron chi connectivity index (χ4n) is 2.90. The zero-order valence-corrected chi connectivity index (χ0v) is 17.2. The highest BCUT2D eigenvalue weighted by atomic mass is 32.2. The van der Waals surface area contributed by atoms with Crippen LogP contribution in [0.2, 0.25) is 0 Å². The van der Waals surface area contributed by atoms with E-state index in [0.717, 1.165) is 15.4 Å². The third kappa shape index (κ3) is 4.31. The van der Waals surface area contributed by atoms with Crippen LogP contribution in [0.25, 0.3) is 11.1 Å². The van der Waals surface area contributed by atoms with Gasteiger partial charge in [0.15, 0.2) is 0 Å². The number of sulfonamides is 1. The molecule has 0 saturated heterocycles. The summed E-state index contributed by atoms with van der Waals surface area (Å²) in [5.41, 5.74) is 2.45. The predicted octanol–water partition coefficient (Wildman–Crippen LogP) is 3.86. The maximum atomic E-state index is 13.0. The van der Waals surface area contributed by atoms with Crippen LogP contribution in [0, 0.1) is 0 Å². The van der Waals surface area contributed by atoms with Gasteiger partial charge in [0.1, 0.15) is 5.75 Å². The van der Waals surface area contributed by atoms with E-state index in [-0.39, 0.29) is 16.5 Å². The SMILES string of the molecule is COc1ccc(S(=O)(=O)N(C)C)cc1NC(=O)c1ccccc1-c1ccccc1.